The first-order chi connectivity index (χ1) is 17.6. The minimum Gasteiger partial charge on any atom is -0.337 e. The van der Waals surface area contributed by atoms with Crippen LogP contribution in [0.2, 0.25) is 0 Å². The highest BCUT2D eigenvalue weighted by molar-refractivity contribution is 5.77. The van der Waals surface area contributed by atoms with Crippen LogP contribution in [-0.4, -0.2) is 72.9 Å². The van der Waals surface area contributed by atoms with Crippen molar-refractivity contribution in [2.75, 3.05) is 26.2 Å². The van der Waals surface area contributed by atoms with Crippen LogP contribution in [0.1, 0.15) is 80.5 Å². The summed E-state index contributed by atoms with van der Waals surface area (Å²) in [6.07, 6.45) is 5.86. The van der Waals surface area contributed by atoms with E-state index in [1.165, 1.54) is 12.8 Å². The van der Waals surface area contributed by atoms with Gasteiger partial charge in [-0.2, -0.15) is 18.3 Å². The molecule has 2 spiro atoms. The number of likely N-dealkylation sites (tertiary alicyclic amines) is 2. The van der Waals surface area contributed by atoms with E-state index in [0.29, 0.717) is 24.3 Å². The standard InChI is InChI=1S/C26H32F3N7O/c27-26(28,29)25(3-4-25)19-10-34(15-30-19)9-16-5-23(6-16)11-35(12-23)22(37)36-13-24(14-36)7-18(8-24)21-31-20(32-33-21)17-1-2-17/h10,15-18H,1-9,11-14H2,(H,31,32,33). The monoisotopic (exact) mass is 515 g/mol. The van der Waals surface area contributed by atoms with Crippen molar-refractivity contribution in [3.8, 4) is 0 Å². The van der Waals surface area contributed by atoms with Gasteiger partial charge in [-0.3, -0.25) is 5.10 Å². The van der Waals surface area contributed by atoms with Crippen LogP contribution in [-0.2, 0) is 12.0 Å². The van der Waals surface area contributed by atoms with Crippen molar-refractivity contribution >= 4 is 6.03 Å². The molecule has 2 saturated heterocycles. The smallest absolute Gasteiger partial charge is 0.337 e. The van der Waals surface area contributed by atoms with E-state index >= 15 is 0 Å². The van der Waals surface area contributed by atoms with Crippen LogP contribution in [0.5, 0.6) is 0 Å². The Balaban J connectivity index is 0.781. The van der Waals surface area contributed by atoms with Gasteiger partial charge < -0.3 is 14.4 Å². The second kappa shape index (κ2) is 7.08. The largest absolute Gasteiger partial charge is 0.400 e. The molecule has 0 atom stereocenters. The number of urea groups is 1. The Morgan fingerprint density at radius 2 is 1.65 bits per heavy atom. The average Bonchev–Trinajstić information content (AvgIpc) is 3.66. The number of aromatic amines is 1. The molecule has 0 bridgehead atoms. The van der Waals surface area contributed by atoms with Crippen LogP contribution in [0, 0.1) is 16.7 Å². The predicted octanol–water partition coefficient (Wildman–Crippen LogP) is 4.18. The van der Waals surface area contributed by atoms with Gasteiger partial charge in [0.15, 0.2) is 5.82 Å². The molecule has 2 aliphatic heterocycles. The van der Waals surface area contributed by atoms with Crippen molar-refractivity contribution in [1.29, 1.82) is 0 Å². The summed E-state index contributed by atoms with van der Waals surface area (Å²) in [7, 11) is 0. The third-order valence-corrected chi connectivity index (χ3v) is 10.2. The Bertz CT molecular complexity index is 1230. The summed E-state index contributed by atoms with van der Waals surface area (Å²) in [5.41, 5.74) is -1.06. The van der Waals surface area contributed by atoms with E-state index in [9.17, 15) is 18.0 Å². The molecule has 11 heteroatoms. The minimum atomic E-state index is -4.22. The molecule has 2 amide bonds. The number of carbonyl (C=O) groups is 1. The Morgan fingerprint density at radius 3 is 2.24 bits per heavy atom. The van der Waals surface area contributed by atoms with E-state index in [1.807, 2.05) is 14.4 Å². The van der Waals surface area contributed by atoms with Crippen LogP contribution in [0.25, 0.3) is 0 Å². The van der Waals surface area contributed by atoms with Gasteiger partial charge in [0.2, 0.25) is 0 Å². The minimum absolute atomic E-state index is 0.144. The van der Waals surface area contributed by atoms with Crippen LogP contribution >= 0.6 is 0 Å². The highest BCUT2D eigenvalue weighted by atomic mass is 19.4. The fraction of sp³-hybridized carbons (Fsp3) is 0.769. The summed E-state index contributed by atoms with van der Waals surface area (Å²) in [5.74, 6) is 3.47. The molecule has 2 aromatic heterocycles. The van der Waals surface area contributed by atoms with Gasteiger partial charge in [0.25, 0.3) is 0 Å². The van der Waals surface area contributed by atoms with Gasteiger partial charge >= 0.3 is 12.2 Å². The molecule has 8 nitrogen and oxygen atoms in total. The summed E-state index contributed by atoms with van der Waals surface area (Å²) >= 11 is 0. The summed E-state index contributed by atoms with van der Waals surface area (Å²) in [6, 6.07) is 0.167. The summed E-state index contributed by atoms with van der Waals surface area (Å²) in [4.78, 5) is 25.8. The SMILES string of the molecule is O=C(N1CC2(CC(Cn3cnc(C4(C(F)(F)F)CC4)c3)C2)C1)N1CC2(CC(c3nc(C4CC4)n[nH]3)C2)C1. The Kier molecular flexibility index (Phi) is 4.29. The molecule has 37 heavy (non-hydrogen) atoms. The van der Waals surface area contributed by atoms with Crippen molar-refractivity contribution in [3.05, 3.63) is 29.9 Å². The Labute approximate surface area is 213 Å². The molecule has 4 saturated carbocycles. The third kappa shape index (κ3) is 3.40. The molecule has 0 unspecified atom stereocenters. The van der Waals surface area contributed by atoms with Crippen molar-refractivity contribution in [1.82, 2.24) is 34.5 Å². The topological polar surface area (TPSA) is 82.9 Å². The van der Waals surface area contributed by atoms with E-state index < -0.39 is 11.6 Å². The first-order valence-electron chi connectivity index (χ1n) is 13.7. The highest BCUT2D eigenvalue weighted by Gasteiger charge is 2.65. The number of hydrogen-bond donors (Lipinski definition) is 1. The van der Waals surface area contributed by atoms with Gasteiger partial charge in [-0.05, 0) is 57.3 Å². The molecule has 4 heterocycles. The molecule has 0 aromatic carbocycles. The van der Waals surface area contributed by atoms with E-state index in [2.05, 4.69) is 15.2 Å². The van der Waals surface area contributed by atoms with Crippen molar-refractivity contribution in [2.45, 2.75) is 81.3 Å². The van der Waals surface area contributed by atoms with Crippen molar-refractivity contribution in [2.24, 2.45) is 16.7 Å². The number of imidazole rings is 1. The number of nitrogens with zero attached hydrogens (tertiary/aromatic N) is 6. The lowest BCUT2D eigenvalue weighted by Crippen LogP contribution is -2.71. The van der Waals surface area contributed by atoms with Gasteiger partial charge in [0, 0.05) is 61.6 Å². The lowest BCUT2D eigenvalue weighted by molar-refractivity contribution is -0.161. The molecule has 6 aliphatic rings. The van der Waals surface area contributed by atoms with Crippen LogP contribution < -0.4 is 0 Å². The molecule has 4 aliphatic carbocycles. The van der Waals surface area contributed by atoms with E-state index in [1.54, 1.807) is 12.5 Å². The van der Waals surface area contributed by atoms with Crippen LogP contribution in [0.15, 0.2) is 12.5 Å². The summed E-state index contributed by atoms with van der Waals surface area (Å²) in [6.45, 7) is 4.02. The van der Waals surface area contributed by atoms with Crippen LogP contribution in [0.3, 0.4) is 0 Å². The zero-order chi connectivity index (χ0) is 25.2. The molecule has 1 N–H and O–H groups in total. The summed E-state index contributed by atoms with van der Waals surface area (Å²) in [5, 5.41) is 7.53. The molecule has 2 aromatic rings. The maximum atomic E-state index is 13.4. The lowest BCUT2D eigenvalue weighted by Gasteiger charge is -2.63. The number of H-pyrrole nitrogens is 1. The van der Waals surface area contributed by atoms with Gasteiger partial charge in [-0.1, -0.05) is 0 Å². The van der Waals surface area contributed by atoms with E-state index in [-0.39, 0.29) is 35.4 Å². The first kappa shape index (κ1) is 22.4. The van der Waals surface area contributed by atoms with Gasteiger partial charge in [-0.25, -0.2) is 14.8 Å². The fourth-order valence-corrected chi connectivity index (χ4v) is 7.80. The molecule has 8 rings (SSSR count). The van der Waals surface area contributed by atoms with E-state index in [4.69, 9.17) is 4.98 Å². The predicted molar refractivity (Wildman–Crippen MR) is 126 cm³/mol. The number of nitrogens with one attached hydrogen (secondary N) is 1. The second-order valence-corrected chi connectivity index (χ2v) is 13.3. The summed E-state index contributed by atoms with van der Waals surface area (Å²) < 4.78 is 41.9. The first-order valence-corrected chi connectivity index (χ1v) is 13.7. The van der Waals surface area contributed by atoms with Gasteiger partial charge in [-0.15, -0.1) is 0 Å². The maximum absolute atomic E-state index is 13.4. The van der Waals surface area contributed by atoms with Gasteiger partial charge in [0.05, 0.1) is 12.0 Å². The zero-order valence-corrected chi connectivity index (χ0v) is 20.8. The number of alkyl halides is 3. The van der Waals surface area contributed by atoms with E-state index in [0.717, 1.165) is 63.5 Å². The Morgan fingerprint density at radius 1 is 1.00 bits per heavy atom. The highest BCUT2D eigenvalue weighted by Crippen LogP contribution is 2.59. The lowest BCUT2D eigenvalue weighted by atomic mass is 9.57. The molecule has 198 valence electrons. The number of halogens is 3. The fourth-order valence-electron chi connectivity index (χ4n) is 7.80. The second-order valence-electron chi connectivity index (χ2n) is 13.3. The number of amides is 2. The average molecular weight is 516 g/mol. The number of rotatable bonds is 5. The van der Waals surface area contributed by atoms with Crippen LogP contribution in [0.4, 0.5) is 18.0 Å². The number of carbonyl (C=O) groups excluding carboxylic acids is 1. The molecular weight excluding hydrogens is 483 g/mol. The normalized spacial score (nSPS) is 27.5. The zero-order valence-electron chi connectivity index (χ0n) is 20.8. The molecule has 0 radical (unpaired) electrons. The maximum Gasteiger partial charge on any atom is 0.400 e. The third-order valence-electron chi connectivity index (χ3n) is 10.2. The number of aromatic nitrogens is 5. The van der Waals surface area contributed by atoms with Crippen molar-refractivity contribution in [3.63, 3.8) is 0 Å². The number of hydrogen-bond acceptors (Lipinski definition) is 4. The molecule has 6 fully saturated rings. The molecular formula is C26H32F3N7O. The quantitative estimate of drug-likeness (QED) is 0.648. The van der Waals surface area contributed by atoms with Gasteiger partial charge in [0.1, 0.15) is 11.2 Å². The van der Waals surface area contributed by atoms with Crippen molar-refractivity contribution < 1.29 is 18.0 Å². The Hall–Kier alpha value is -2.59.